The van der Waals surface area contributed by atoms with Crippen LogP contribution >= 0.6 is 0 Å². The number of aromatic nitrogens is 1. The van der Waals surface area contributed by atoms with E-state index >= 15 is 0 Å². The van der Waals surface area contributed by atoms with Crippen LogP contribution in [0.2, 0.25) is 0 Å². The molecule has 2 aromatic carbocycles. The molecule has 2 fully saturated rings. The van der Waals surface area contributed by atoms with Crippen molar-refractivity contribution in [2.24, 2.45) is 11.3 Å². The van der Waals surface area contributed by atoms with Crippen molar-refractivity contribution in [3.05, 3.63) is 71.4 Å². The number of aryl methyl sites for hydroxylation is 1. The molecule has 3 aromatic rings. The first-order valence-corrected chi connectivity index (χ1v) is 14.9. The van der Waals surface area contributed by atoms with Gasteiger partial charge in [0, 0.05) is 34.8 Å². The third-order valence-electron chi connectivity index (χ3n) is 8.51. The average Bonchev–Trinajstić information content (AvgIpc) is 3.32. The molecule has 0 bridgehead atoms. The molecule has 0 saturated carbocycles. The minimum atomic E-state index is -0.952. The maximum absolute atomic E-state index is 13.4. The summed E-state index contributed by atoms with van der Waals surface area (Å²) in [5.41, 5.74) is 2.91. The van der Waals surface area contributed by atoms with E-state index in [1.165, 1.54) is 4.90 Å². The summed E-state index contributed by atoms with van der Waals surface area (Å²) in [5.74, 6) is -0.258. The van der Waals surface area contributed by atoms with Gasteiger partial charge >= 0.3 is 12.1 Å². The van der Waals surface area contributed by atoms with E-state index in [9.17, 15) is 24.3 Å². The number of nitrogens with zero attached hydrogens (tertiary/aromatic N) is 2. The molecule has 11 heteroatoms. The average molecular weight is 602 g/mol. The van der Waals surface area contributed by atoms with Gasteiger partial charge in [0.2, 0.25) is 0 Å². The van der Waals surface area contributed by atoms with Crippen molar-refractivity contribution >= 4 is 34.8 Å². The minimum Gasteiger partial charge on any atom is -0.489 e. The largest absolute Gasteiger partial charge is 0.489 e. The summed E-state index contributed by atoms with van der Waals surface area (Å²) in [6, 6.07) is 14.2. The number of ether oxygens (including phenoxy) is 1. The van der Waals surface area contributed by atoms with Gasteiger partial charge in [-0.3, -0.25) is 19.9 Å². The topological polar surface area (TPSA) is 150 Å². The Labute approximate surface area is 256 Å². The molecular weight excluding hydrogens is 562 g/mol. The van der Waals surface area contributed by atoms with Crippen LogP contribution in [0.3, 0.4) is 0 Å². The smallest absolute Gasteiger partial charge is 0.407 e. The molecule has 3 heterocycles. The van der Waals surface area contributed by atoms with Crippen LogP contribution in [0.4, 0.5) is 9.59 Å². The van der Waals surface area contributed by atoms with Crippen molar-refractivity contribution < 1.29 is 29.0 Å². The second-order valence-corrected chi connectivity index (χ2v) is 12.8. The van der Waals surface area contributed by atoms with Gasteiger partial charge in [-0.15, -0.1) is 0 Å². The van der Waals surface area contributed by atoms with E-state index in [-0.39, 0.29) is 23.3 Å². The summed E-state index contributed by atoms with van der Waals surface area (Å²) in [6.07, 6.45) is 0.631. The van der Waals surface area contributed by atoms with Crippen LogP contribution in [0.25, 0.3) is 10.9 Å². The number of likely N-dealkylation sites (tertiary alicyclic amines) is 1. The van der Waals surface area contributed by atoms with Crippen LogP contribution in [-0.2, 0) is 11.4 Å². The molecule has 11 nitrogen and oxygen atoms in total. The van der Waals surface area contributed by atoms with E-state index < -0.39 is 30.1 Å². The van der Waals surface area contributed by atoms with Crippen molar-refractivity contribution in [1.29, 1.82) is 0 Å². The lowest BCUT2D eigenvalue weighted by Gasteiger charge is -2.45. The summed E-state index contributed by atoms with van der Waals surface area (Å²) in [7, 11) is 0. The third-order valence-corrected chi connectivity index (χ3v) is 8.51. The van der Waals surface area contributed by atoms with Crippen LogP contribution in [0, 0.1) is 18.3 Å². The Bertz CT molecular complexity index is 1570. The molecule has 4 N–H and O–H groups in total. The number of carbonyl (C=O) groups excluding carboxylic acids is 3. The number of fused-ring (bicyclic) bond motifs is 1. The Kier molecular flexibility index (Phi) is 8.75. The maximum Gasteiger partial charge on any atom is 0.407 e. The van der Waals surface area contributed by atoms with Crippen molar-refractivity contribution in [3.63, 3.8) is 0 Å². The number of pyridine rings is 1. The predicted octanol–water partition coefficient (Wildman–Crippen LogP) is 4.62. The van der Waals surface area contributed by atoms with Crippen LogP contribution < -0.4 is 20.7 Å². The van der Waals surface area contributed by atoms with Gasteiger partial charge in [-0.2, -0.15) is 0 Å². The van der Waals surface area contributed by atoms with Crippen LogP contribution in [0.15, 0.2) is 54.6 Å². The number of benzene rings is 2. The highest BCUT2D eigenvalue weighted by molar-refractivity contribution is 6.05. The zero-order chi connectivity index (χ0) is 31.6. The predicted molar refractivity (Wildman–Crippen MR) is 164 cm³/mol. The summed E-state index contributed by atoms with van der Waals surface area (Å²) in [5, 5.41) is 18.6. The number of carboxylic acid groups (broad SMARTS) is 1. The number of urea groups is 1. The molecule has 0 radical (unpaired) electrons. The van der Waals surface area contributed by atoms with Crippen molar-refractivity contribution in [3.8, 4) is 5.75 Å². The number of hydrogen-bond acceptors (Lipinski definition) is 6. The van der Waals surface area contributed by atoms with Crippen molar-refractivity contribution in [2.75, 3.05) is 6.54 Å². The third kappa shape index (κ3) is 6.93. The van der Waals surface area contributed by atoms with E-state index in [4.69, 9.17) is 4.74 Å². The molecule has 2 aliphatic heterocycles. The van der Waals surface area contributed by atoms with E-state index in [2.05, 4.69) is 20.9 Å². The lowest BCUT2D eigenvalue weighted by molar-refractivity contribution is -0.120. The van der Waals surface area contributed by atoms with Gasteiger partial charge in [0.25, 0.3) is 11.8 Å². The SMILES string of the molecule is Cc1cc(COc2ccc(C(=O)NC(C[C@@H]3CCN(C(=O)O)[C@@H](C(C)(C)C)C3)C3NC(=O)NC3=O)cc2)c2ccccc2n1. The lowest BCUT2D eigenvalue weighted by Crippen LogP contribution is -2.55. The number of rotatable bonds is 8. The highest BCUT2D eigenvalue weighted by Gasteiger charge is 2.42. The van der Waals surface area contributed by atoms with Gasteiger partial charge in [-0.1, -0.05) is 39.0 Å². The fourth-order valence-electron chi connectivity index (χ4n) is 6.29. The molecule has 0 aliphatic carbocycles. The number of para-hydroxylation sites is 1. The van der Waals surface area contributed by atoms with E-state index in [1.807, 2.05) is 58.0 Å². The normalized spacial score (nSPS) is 21.0. The standard InChI is InChI=1S/C33H39N5O6/c1-19-15-22(24-7-5-6-8-25(24)34-19)18-44-23-11-9-21(10-12-23)29(39)35-26(28-30(40)37-31(41)36-28)16-20-13-14-38(32(42)43)27(17-20)33(2,3)4/h5-12,15,20,26-28H,13-14,16-18H2,1-4H3,(H,35,39)(H,42,43)(H2,36,37,40,41)/t20-,26?,27+,28?/m0/s1. The molecular formula is C33H39N5O6. The molecule has 0 spiro atoms. The molecule has 232 valence electrons. The van der Waals surface area contributed by atoms with Gasteiger partial charge in [0.1, 0.15) is 18.4 Å². The van der Waals surface area contributed by atoms with E-state index in [0.717, 1.165) is 22.2 Å². The summed E-state index contributed by atoms with van der Waals surface area (Å²) < 4.78 is 6.04. The summed E-state index contributed by atoms with van der Waals surface area (Å²) >= 11 is 0. The fraction of sp³-hybridized carbons (Fsp3) is 0.424. The molecule has 4 atom stereocenters. The Morgan fingerprint density at radius 1 is 1.14 bits per heavy atom. The number of nitrogens with one attached hydrogen (secondary N) is 3. The monoisotopic (exact) mass is 601 g/mol. The molecule has 2 saturated heterocycles. The van der Waals surface area contributed by atoms with Crippen molar-refractivity contribution in [1.82, 2.24) is 25.8 Å². The van der Waals surface area contributed by atoms with Crippen LogP contribution in [0.5, 0.6) is 5.75 Å². The van der Waals surface area contributed by atoms with Crippen molar-refractivity contribution in [2.45, 2.75) is 71.7 Å². The lowest BCUT2D eigenvalue weighted by atomic mass is 9.75. The molecule has 2 unspecified atom stereocenters. The van der Waals surface area contributed by atoms with Gasteiger partial charge < -0.3 is 25.4 Å². The molecule has 5 amide bonds. The number of piperidine rings is 1. The number of imide groups is 1. The number of amides is 5. The molecule has 5 rings (SSSR count). The Morgan fingerprint density at radius 2 is 1.86 bits per heavy atom. The zero-order valence-corrected chi connectivity index (χ0v) is 25.4. The summed E-state index contributed by atoms with van der Waals surface area (Å²) in [4.78, 5) is 55.9. The Hall–Kier alpha value is -4.67. The zero-order valence-electron chi connectivity index (χ0n) is 25.4. The number of carbonyl (C=O) groups is 4. The van der Waals surface area contributed by atoms with Gasteiger partial charge in [-0.05, 0) is 73.9 Å². The van der Waals surface area contributed by atoms with Crippen LogP contribution in [-0.4, -0.2) is 63.6 Å². The molecule has 1 aromatic heterocycles. The quantitative estimate of drug-likeness (QED) is 0.275. The van der Waals surface area contributed by atoms with Gasteiger partial charge in [-0.25, -0.2) is 9.59 Å². The molecule has 2 aliphatic rings. The van der Waals surface area contributed by atoms with E-state index in [1.54, 1.807) is 24.3 Å². The molecule has 44 heavy (non-hydrogen) atoms. The first kappa shape index (κ1) is 30.8. The first-order valence-electron chi connectivity index (χ1n) is 14.9. The Balaban J connectivity index is 1.27. The minimum absolute atomic E-state index is 0.0362. The summed E-state index contributed by atoms with van der Waals surface area (Å²) in [6.45, 7) is 8.67. The fourth-order valence-corrected chi connectivity index (χ4v) is 6.29. The number of hydrogen-bond donors (Lipinski definition) is 4. The maximum atomic E-state index is 13.4. The second kappa shape index (κ2) is 12.5. The first-order chi connectivity index (χ1) is 20.9. The van der Waals surface area contributed by atoms with Gasteiger partial charge in [0.05, 0.1) is 11.6 Å². The van der Waals surface area contributed by atoms with Gasteiger partial charge in [0.15, 0.2) is 0 Å². The van der Waals surface area contributed by atoms with E-state index in [0.29, 0.717) is 43.7 Å². The van der Waals surface area contributed by atoms with Crippen LogP contribution in [0.1, 0.15) is 61.6 Å². The second-order valence-electron chi connectivity index (χ2n) is 12.8. The Morgan fingerprint density at radius 3 is 2.52 bits per heavy atom. The highest BCUT2D eigenvalue weighted by atomic mass is 16.5. The highest BCUT2D eigenvalue weighted by Crippen LogP contribution is 2.36.